The summed E-state index contributed by atoms with van der Waals surface area (Å²) in [6.45, 7) is 4.52. The smallest absolute Gasteiger partial charge is 0.331 e. The number of nitrogens with zero attached hydrogens (tertiary/aromatic N) is 1. The zero-order chi connectivity index (χ0) is 18.8. The van der Waals surface area contributed by atoms with Gasteiger partial charge in [-0.3, -0.25) is 4.79 Å². The van der Waals surface area contributed by atoms with Gasteiger partial charge in [0.2, 0.25) is 5.41 Å². The van der Waals surface area contributed by atoms with Crippen molar-refractivity contribution in [2.45, 2.75) is 96.9 Å². The first-order chi connectivity index (χ1) is 12.6. The maximum absolute atomic E-state index is 12.6. The fourth-order valence-electron chi connectivity index (χ4n) is 3.81. The zero-order valence-electron chi connectivity index (χ0n) is 16.5. The molecule has 148 valence electrons. The van der Waals surface area contributed by atoms with Crippen LogP contribution in [0.4, 0.5) is 0 Å². The van der Waals surface area contributed by atoms with E-state index in [1.165, 1.54) is 19.3 Å². The van der Waals surface area contributed by atoms with Gasteiger partial charge in [0.1, 0.15) is 6.10 Å². The molecule has 0 radical (unpaired) electrons. The number of ether oxygens (including phenoxy) is 3. The fraction of sp³-hybridized carbons (Fsp3) is 0.905. The Bertz CT molecular complexity index is 457. The van der Waals surface area contributed by atoms with Crippen LogP contribution in [0.15, 0.2) is 0 Å². The van der Waals surface area contributed by atoms with E-state index in [1.807, 2.05) is 0 Å². The molecular formula is C21H35NO4. The SMILES string of the molecule is CCCCC[C@H]1OC[C@@](C#N)(C(=O)OC2CCC(CCCC)CC2)CO1. The van der Waals surface area contributed by atoms with Crippen molar-refractivity contribution in [3.63, 3.8) is 0 Å². The number of hydrogen-bond donors (Lipinski definition) is 0. The first kappa shape index (κ1) is 21.2. The molecule has 5 nitrogen and oxygen atoms in total. The van der Waals surface area contributed by atoms with Crippen molar-refractivity contribution in [3.05, 3.63) is 0 Å². The molecule has 1 saturated carbocycles. The number of nitriles is 1. The van der Waals surface area contributed by atoms with E-state index in [4.69, 9.17) is 14.2 Å². The van der Waals surface area contributed by atoms with Crippen molar-refractivity contribution in [1.29, 1.82) is 5.26 Å². The molecule has 0 amide bonds. The van der Waals surface area contributed by atoms with Gasteiger partial charge in [0.25, 0.3) is 0 Å². The second kappa shape index (κ2) is 10.9. The number of carbonyl (C=O) groups is 1. The van der Waals surface area contributed by atoms with Gasteiger partial charge in [-0.05, 0) is 44.4 Å². The summed E-state index contributed by atoms with van der Waals surface area (Å²) >= 11 is 0. The van der Waals surface area contributed by atoms with Crippen molar-refractivity contribution >= 4 is 5.97 Å². The molecule has 1 saturated heterocycles. The summed E-state index contributed by atoms with van der Waals surface area (Å²) in [6, 6.07) is 2.11. The topological polar surface area (TPSA) is 68.5 Å². The van der Waals surface area contributed by atoms with Crippen molar-refractivity contribution in [2.24, 2.45) is 11.3 Å². The summed E-state index contributed by atoms with van der Waals surface area (Å²) in [6.07, 6.45) is 11.6. The molecule has 0 bridgehead atoms. The first-order valence-electron chi connectivity index (χ1n) is 10.5. The van der Waals surface area contributed by atoms with E-state index in [0.29, 0.717) is 0 Å². The van der Waals surface area contributed by atoms with Gasteiger partial charge >= 0.3 is 5.97 Å². The summed E-state index contributed by atoms with van der Waals surface area (Å²) < 4.78 is 17.0. The van der Waals surface area contributed by atoms with E-state index in [2.05, 4.69) is 19.9 Å². The van der Waals surface area contributed by atoms with Crippen LogP contribution in [-0.2, 0) is 19.0 Å². The summed E-state index contributed by atoms with van der Waals surface area (Å²) in [4.78, 5) is 12.6. The third kappa shape index (κ3) is 5.96. The monoisotopic (exact) mass is 365 g/mol. The average molecular weight is 366 g/mol. The van der Waals surface area contributed by atoms with Crippen LogP contribution in [0.1, 0.15) is 84.5 Å². The first-order valence-corrected chi connectivity index (χ1v) is 10.5. The van der Waals surface area contributed by atoms with Gasteiger partial charge in [0.05, 0.1) is 19.3 Å². The number of unbranched alkanes of at least 4 members (excludes halogenated alkanes) is 3. The van der Waals surface area contributed by atoms with Gasteiger partial charge in [-0.25, -0.2) is 0 Å². The number of carbonyl (C=O) groups excluding carboxylic acids is 1. The minimum atomic E-state index is -1.31. The molecule has 2 rings (SSSR count). The molecule has 0 atom stereocenters. The Labute approximate surface area is 158 Å². The maximum Gasteiger partial charge on any atom is 0.331 e. The van der Waals surface area contributed by atoms with Crippen LogP contribution in [0.2, 0.25) is 0 Å². The van der Waals surface area contributed by atoms with Crippen molar-refractivity contribution < 1.29 is 19.0 Å². The number of rotatable bonds is 9. The van der Waals surface area contributed by atoms with E-state index in [9.17, 15) is 10.1 Å². The molecule has 0 spiro atoms. The number of esters is 1. The van der Waals surface area contributed by atoms with Gasteiger partial charge in [0.15, 0.2) is 6.29 Å². The molecule has 1 aliphatic heterocycles. The van der Waals surface area contributed by atoms with E-state index in [0.717, 1.165) is 57.3 Å². The lowest BCUT2D eigenvalue weighted by Gasteiger charge is -2.35. The molecule has 2 fully saturated rings. The van der Waals surface area contributed by atoms with Gasteiger partial charge < -0.3 is 14.2 Å². The molecule has 0 N–H and O–H groups in total. The van der Waals surface area contributed by atoms with Gasteiger partial charge in [-0.2, -0.15) is 5.26 Å². The van der Waals surface area contributed by atoms with E-state index < -0.39 is 11.4 Å². The lowest BCUT2D eigenvalue weighted by molar-refractivity contribution is -0.228. The maximum atomic E-state index is 12.6. The molecule has 0 aromatic carbocycles. The Morgan fingerprint density at radius 3 is 2.27 bits per heavy atom. The highest BCUT2D eigenvalue weighted by atomic mass is 16.7. The van der Waals surface area contributed by atoms with Crippen molar-refractivity contribution in [3.8, 4) is 6.07 Å². The number of hydrogen-bond acceptors (Lipinski definition) is 5. The molecule has 26 heavy (non-hydrogen) atoms. The summed E-state index contributed by atoms with van der Waals surface area (Å²) in [5.41, 5.74) is -1.31. The van der Waals surface area contributed by atoms with Crippen LogP contribution < -0.4 is 0 Å². The minimum Gasteiger partial charge on any atom is -0.461 e. The average Bonchev–Trinajstić information content (AvgIpc) is 2.68. The van der Waals surface area contributed by atoms with Crippen LogP contribution in [0.3, 0.4) is 0 Å². The van der Waals surface area contributed by atoms with Crippen molar-refractivity contribution in [2.75, 3.05) is 13.2 Å². The van der Waals surface area contributed by atoms with Crippen LogP contribution in [0.5, 0.6) is 0 Å². The molecule has 2 aliphatic rings. The van der Waals surface area contributed by atoms with Gasteiger partial charge in [0, 0.05) is 0 Å². The Hall–Kier alpha value is -1.12. The minimum absolute atomic E-state index is 0.0621. The quantitative estimate of drug-likeness (QED) is 0.436. The lowest BCUT2D eigenvalue weighted by atomic mass is 9.84. The van der Waals surface area contributed by atoms with Crippen LogP contribution in [-0.4, -0.2) is 31.6 Å². The standard InChI is InChI=1S/C21H35NO4/c1-3-5-7-9-19-24-15-21(14-22,16-25-19)20(23)26-18-12-10-17(11-13-18)8-6-4-2/h17-19H,3-13,15-16H2,1-2H3/t17?,18?,19-,21+. The van der Waals surface area contributed by atoms with Crippen LogP contribution >= 0.6 is 0 Å². The van der Waals surface area contributed by atoms with E-state index >= 15 is 0 Å². The second-order valence-corrected chi connectivity index (χ2v) is 7.93. The molecule has 1 aliphatic carbocycles. The normalized spacial score (nSPS) is 32.0. The summed E-state index contributed by atoms with van der Waals surface area (Å²) in [5.74, 6) is 0.295. The Morgan fingerprint density at radius 2 is 1.69 bits per heavy atom. The Balaban J connectivity index is 1.76. The molecule has 5 heteroatoms. The third-order valence-electron chi connectivity index (χ3n) is 5.71. The van der Waals surface area contributed by atoms with Crippen LogP contribution in [0, 0.1) is 22.7 Å². The summed E-state index contributed by atoms with van der Waals surface area (Å²) in [7, 11) is 0. The lowest BCUT2D eigenvalue weighted by Crippen LogP contribution is -2.48. The second-order valence-electron chi connectivity index (χ2n) is 7.93. The highest BCUT2D eigenvalue weighted by Crippen LogP contribution is 2.33. The molecular weight excluding hydrogens is 330 g/mol. The molecule has 1 heterocycles. The Kier molecular flexibility index (Phi) is 8.87. The Morgan fingerprint density at radius 1 is 1.04 bits per heavy atom. The molecule has 0 unspecified atom stereocenters. The van der Waals surface area contributed by atoms with E-state index in [-0.39, 0.29) is 25.6 Å². The van der Waals surface area contributed by atoms with Crippen LogP contribution in [0.25, 0.3) is 0 Å². The highest BCUT2D eigenvalue weighted by Gasteiger charge is 2.46. The molecule has 0 aromatic rings. The fourth-order valence-corrected chi connectivity index (χ4v) is 3.81. The predicted molar refractivity (Wildman–Crippen MR) is 99.2 cm³/mol. The highest BCUT2D eigenvalue weighted by molar-refractivity contribution is 5.80. The third-order valence-corrected chi connectivity index (χ3v) is 5.71. The molecule has 0 aromatic heterocycles. The van der Waals surface area contributed by atoms with Crippen molar-refractivity contribution in [1.82, 2.24) is 0 Å². The zero-order valence-corrected chi connectivity index (χ0v) is 16.5. The predicted octanol–water partition coefficient (Wildman–Crippen LogP) is 4.74. The van der Waals surface area contributed by atoms with E-state index in [1.54, 1.807) is 0 Å². The summed E-state index contributed by atoms with van der Waals surface area (Å²) in [5, 5.41) is 9.57. The van der Waals surface area contributed by atoms with Gasteiger partial charge in [-0.15, -0.1) is 0 Å². The van der Waals surface area contributed by atoms with Gasteiger partial charge in [-0.1, -0.05) is 46.0 Å². The largest absolute Gasteiger partial charge is 0.461 e.